The van der Waals surface area contributed by atoms with Crippen LogP contribution in [0.1, 0.15) is 5.56 Å². The number of aromatic nitrogens is 3. The largest absolute Gasteiger partial charge is 0.395 e. The van der Waals surface area contributed by atoms with Crippen LogP contribution in [-0.2, 0) is 0 Å². The van der Waals surface area contributed by atoms with Crippen molar-refractivity contribution in [3.8, 4) is 11.3 Å². The molecule has 2 aromatic heterocycles. The molecule has 128 valence electrons. The van der Waals surface area contributed by atoms with Gasteiger partial charge in [-0.05, 0) is 36.8 Å². The van der Waals surface area contributed by atoms with Gasteiger partial charge in [-0.3, -0.25) is 4.98 Å². The molecular weight excluding hydrogens is 338 g/mol. The van der Waals surface area contributed by atoms with Crippen molar-refractivity contribution >= 4 is 29.1 Å². The van der Waals surface area contributed by atoms with Crippen molar-refractivity contribution < 1.29 is 5.11 Å². The SMILES string of the molecule is Cc1ccc(Cl)cc1Nc1cc(-c2ccncc2)nc(NCCO)n1. The summed E-state index contributed by atoms with van der Waals surface area (Å²) in [6.07, 6.45) is 3.43. The number of aliphatic hydroxyl groups excluding tert-OH is 1. The van der Waals surface area contributed by atoms with E-state index in [1.807, 2.05) is 43.3 Å². The van der Waals surface area contributed by atoms with Crippen molar-refractivity contribution in [2.24, 2.45) is 0 Å². The van der Waals surface area contributed by atoms with E-state index in [4.69, 9.17) is 16.7 Å². The van der Waals surface area contributed by atoms with Gasteiger partial charge in [0, 0.05) is 41.3 Å². The van der Waals surface area contributed by atoms with Gasteiger partial charge in [-0.25, -0.2) is 4.98 Å². The Hall–Kier alpha value is -2.70. The second-order valence-corrected chi connectivity index (χ2v) is 5.87. The lowest BCUT2D eigenvalue weighted by Gasteiger charge is -2.13. The third-order valence-electron chi connectivity index (χ3n) is 3.56. The first-order valence-electron chi connectivity index (χ1n) is 7.83. The number of nitrogens with zero attached hydrogens (tertiary/aromatic N) is 3. The molecule has 0 fully saturated rings. The molecule has 25 heavy (non-hydrogen) atoms. The first-order valence-corrected chi connectivity index (χ1v) is 8.21. The number of aliphatic hydroxyl groups is 1. The van der Waals surface area contributed by atoms with Gasteiger partial charge in [0.25, 0.3) is 0 Å². The highest BCUT2D eigenvalue weighted by Gasteiger charge is 2.08. The van der Waals surface area contributed by atoms with Crippen LogP contribution in [0.5, 0.6) is 0 Å². The summed E-state index contributed by atoms with van der Waals surface area (Å²) in [7, 11) is 0. The zero-order valence-corrected chi connectivity index (χ0v) is 14.5. The van der Waals surface area contributed by atoms with Crippen molar-refractivity contribution in [1.82, 2.24) is 15.0 Å². The molecule has 2 heterocycles. The Bertz CT molecular complexity index is 857. The number of hydrogen-bond acceptors (Lipinski definition) is 6. The molecule has 1 aromatic carbocycles. The molecule has 3 rings (SSSR count). The highest BCUT2D eigenvalue weighted by Crippen LogP contribution is 2.26. The highest BCUT2D eigenvalue weighted by molar-refractivity contribution is 6.30. The third-order valence-corrected chi connectivity index (χ3v) is 3.79. The smallest absolute Gasteiger partial charge is 0.225 e. The molecule has 7 heteroatoms. The monoisotopic (exact) mass is 355 g/mol. The summed E-state index contributed by atoms with van der Waals surface area (Å²) in [6, 6.07) is 11.3. The second kappa shape index (κ2) is 7.92. The van der Waals surface area contributed by atoms with E-state index in [1.165, 1.54) is 0 Å². The van der Waals surface area contributed by atoms with Crippen LogP contribution in [0, 0.1) is 6.92 Å². The lowest BCUT2D eigenvalue weighted by Crippen LogP contribution is -2.10. The molecule has 0 bridgehead atoms. The van der Waals surface area contributed by atoms with Gasteiger partial charge in [-0.15, -0.1) is 0 Å². The van der Waals surface area contributed by atoms with Crippen molar-refractivity contribution in [3.63, 3.8) is 0 Å². The van der Waals surface area contributed by atoms with Crippen molar-refractivity contribution in [3.05, 3.63) is 59.4 Å². The predicted octanol–water partition coefficient (Wildman–Crippen LogP) is 3.65. The van der Waals surface area contributed by atoms with E-state index in [1.54, 1.807) is 12.4 Å². The van der Waals surface area contributed by atoms with E-state index >= 15 is 0 Å². The maximum atomic E-state index is 9.03. The Morgan fingerprint density at radius 1 is 1.08 bits per heavy atom. The summed E-state index contributed by atoms with van der Waals surface area (Å²) in [5, 5.41) is 16.0. The maximum absolute atomic E-state index is 9.03. The van der Waals surface area contributed by atoms with Gasteiger partial charge in [-0.2, -0.15) is 4.98 Å². The van der Waals surface area contributed by atoms with E-state index in [0.29, 0.717) is 23.3 Å². The van der Waals surface area contributed by atoms with Crippen LogP contribution in [0.2, 0.25) is 5.02 Å². The van der Waals surface area contributed by atoms with E-state index in [2.05, 4.69) is 25.6 Å². The molecule has 3 aromatic rings. The average Bonchev–Trinajstić information content (AvgIpc) is 2.63. The minimum Gasteiger partial charge on any atom is -0.395 e. The van der Waals surface area contributed by atoms with Gasteiger partial charge in [0.15, 0.2) is 0 Å². The Balaban J connectivity index is 1.98. The van der Waals surface area contributed by atoms with Crippen LogP contribution in [-0.4, -0.2) is 33.2 Å². The molecule has 0 saturated heterocycles. The number of aryl methyl sites for hydroxylation is 1. The molecule has 0 amide bonds. The molecular formula is C18H18ClN5O. The Kier molecular flexibility index (Phi) is 5.42. The molecule has 0 saturated carbocycles. The molecule has 0 atom stereocenters. The van der Waals surface area contributed by atoms with Crippen molar-refractivity contribution in [2.75, 3.05) is 23.8 Å². The summed E-state index contributed by atoms with van der Waals surface area (Å²) in [5.74, 6) is 1.07. The minimum absolute atomic E-state index is 0.000984. The van der Waals surface area contributed by atoms with E-state index in [-0.39, 0.29) is 6.61 Å². The number of hydrogen-bond donors (Lipinski definition) is 3. The number of anilines is 3. The van der Waals surface area contributed by atoms with Crippen LogP contribution in [0.3, 0.4) is 0 Å². The maximum Gasteiger partial charge on any atom is 0.225 e. The summed E-state index contributed by atoms with van der Waals surface area (Å²) < 4.78 is 0. The van der Waals surface area contributed by atoms with Crippen LogP contribution < -0.4 is 10.6 Å². The van der Waals surface area contributed by atoms with Crippen molar-refractivity contribution in [1.29, 1.82) is 0 Å². The number of benzene rings is 1. The zero-order chi connectivity index (χ0) is 17.6. The van der Waals surface area contributed by atoms with Gasteiger partial charge >= 0.3 is 0 Å². The molecule has 0 aliphatic heterocycles. The van der Waals surface area contributed by atoms with E-state index < -0.39 is 0 Å². The van der Waals surface area contributed by atoms with Crippen LogP contribution in [0.4, 0.5) is 17.5 Å². The van der Waals surface area contributed by atoms with Gasteiger partial charge < -0.3 is 15.7 Å². The van der Waals surface area contributed by atoms with Gasteiger partial charge in [0.1, 0.15) is 5.82 Å². The Morgan fingerprint density at radius 2 is 1.88 bits per heavy atom. The number of pyridine rings is 1. The van der Waals surface area contributed by atoms with E-state index in [9.17, 15) is 0 Å². The first kappa shape index (κ1) is 17.1. The Morgan fingerprint density at radius 3 is 2.64 bits per heavy atom. The quantitative estimate of drug-likeness (QED) is 0.626. The molecule has 3 N–H and O–H groups in total. The minimum atomic E-state index is -0.000984. The van der Waals surface area contributed by atoms with Gasteiger partial charge in [0.05, 0.1) is 12.3 Å². The molecule has 0 spiro atoms. The fraction of sp³-hybridized carbons (Fsp3) is 0.167. The number of nitrogens with one attached hydrogen (secondary N) is 2. The highest BCUT2D eigenvalue weighted by atomic mass is 35.5. The fourth-order valence-electron chi connectivity index (χ4n) is 2.30. The predicted molar refractivity (Wildman–Crippen MR) is 100 cm³/mol. The zero-order valence-electron chi connectivity index (χ0n) is 13.7. The van der Waals surface area contributed by atoms with E-state index in [0.717, 1.165) is 22.5 Å². The second-order valence-electron chi connectivity index (χ2n) is 5.43. The summed E-state index contributed by atoms with van der Waals surface area (Å²) in [4.78, 5) is 13.0. The normalized spacial score (nSPS) is 10.5. The third kappa shape index (κ3) is 4.43. The lowest BCUT2D eigenvalue weighted by atomic mass is 10.2. The molecule has 0 aliphatic carbocycles. The summed E-state index contributed by atoms with van der Waals surface area (Å²) in [5.41, 5.74) is 3.61. The van der Waals surface area contributed by atoms with Crippen LogP contribution in [0.15, 0.2) is 48.8 Å². The standard InChI is InChI=1S/C18H18ClN5O/c1-12-2-3-14(19)10-15(12)22-17-11-16(13-4-6-20-7-5-13)23-18(24-17)21-8-9-25/h2-7,10-11,25H,8-9H2,1H3,(H2,21,22,23,24). The molecule has 6 nitrogen and oxygen atoms in total. The topological polar surface area (TPSA) is 83.0 Å². The van der Waals surface area contributed by atoms with Gasteiger partial charge in [0.2, 0.25) is 5.95 Å². The molecule has 0 aliphatic rings. The lowest BCUT2D eigenvalue weighted by molar-refractivity contribution is 0.311. The number of rotatable bonds is 6. The van der Waals surface area contributed by atoms with Gasteiger partial charge in [-0.1, -0.05) is 17.7 Å². The molecule has 0 radical (unpaired) electrons. The number of halogens is 1. The average molecular weight is 356 g/mol. The van der Waals surface area contributed by atoms with Crippen LogP contribution in [0.25, 0.3) is 11.3 Å². The molecule has 0 unspecified atom stereocenters. The summed E-state index contributed by atoms with van der Waals surface area (Å²) in [6.45, 7) is 2.36. The fourth-order valence-corrected chi connectivity index (χ4v) is 2.47. The summed E-state index contributed by atoms with van der Waals surface area (Å²) >= 11 is 6.09. The van der Waals surface area contributed by atoms with Crippen LogP contribution >= 0.6 is 11.6 Å². The Labute approximate surface area is 150 Å². The first-order chi connectivity index (χ1) is 12.2. The van der Waals surface area contributed by atoms with Crippen molar-refractivity contribution in [2.45, 2.75) is 6.92 Å².